The highest BCUT2D eigenvalue weighted by molar-refractivity contribution is 6.48. The van der Waals surface area contributed by atoms with Crippen LogP contribution in [0.5, 0.6) is 0 Å². The van der Waals surface area contributed by atoms with Gasteiger partial charge in [-0.1, -0.05) is 116 Å². The molecule has 0 saturated carbocycles. The van der Waals surface area contributed by atoms with E-state index in [1.54, 1.807) is 0 Å². The molecule has 42 heavy (non-hydrogen) atoms. The van der Waals surface area contributed by atoms with Gasteiger partial charge in [0.05, 0.1) is 0 Å². The van der Waals surface area contributed by atoms with Crippen LogP contribution in [0.25, 0.3) is 43.1 Å². The molecule has 0 aromatic heterocycles. The molecule has 2 heteroatoms. The summed E-state index contributed by atoms with van der Waals surface area (Å²) in [6.45, 7) is 18.9. The zero-order chi connectivity index (χ0) is 30.0. The van der Waals surface area contributed by atoms with Gasteiger partial charge in [-0.25, -0.2) is 0 Å². The van der Waals surface area contributed by atoms with Gasteiger partial charge in [-0.3, -0.25) is 0 Å². The number of hydrogen-bond donors (Lipinski definition) is 0. The van der Waals surface area contributed by atoms with E-state index < -0.39 is 19.0 Å². The van der Waals surface area contributed by atoms with Crippen molar-refractivity contribution in [1.82, 2.24) is 0 Å². The first-order valence-corrected chi connectivity index (χ1v) is 19.0. The van der Waals surface area contributed by atoms with Crippen molar-refractivity contribution >= 4 is 62.1 Å². The summed E-state index contributed by atoms with van der Waals surface area (Å²) in [5.41, 5.74) is 11.4. The van der Waals surface area contributed by atoms with E-state index >= 15 is 0 Å². The summed E-state index contributed by atoms with van der Waals surface area (Å²) >= 11 is 0. The van der Waals surface area contributed by atoms with Crippen molar-refractivity contribution in [3.05, 3.63) is 83.9 Å². The maximum absolute atomic E-state index is 3.79. The van der Waals surface area contributed by atoms with E-state index in [2.05, 4.69) is 151 Å². The first-order chi connectivity index (χ1) is 20.2. The van der Waals surface area contributed by atoms with Crippen LogP contribution in [0.4, 0.5) is 0 Å². The van der Waals surface area contributed by atoms with Gasteiger partial charge in [-0.05, 0) is 102 Å². The lowest BCUT2D eigenvalue weighted by molar-refractivity contribution is 0.466. The fourth-order valence-corrected chi connectivity index (χ4v) is 9.80. The van der Waals surface area contributed by atoms with Crippen LogP contribution in [0, 0.1) is 46.6 Å². The van der Waals surface area contributed by atoms with Gasteiger partial charge < -0.3 is 0 Å². The Kier molecular flexibility index (Phi) is 9.27. The third-order valence-corrected chi connectivity index (χ3v) is 14.8. The first kappa shape index (κ1) is 30.2. The number of fused-ring (bicyclic) bond motifs is 4. The summed E-state index contributed by atoms with van der Waals surface area (Å²) in [6, 6.07) is 27.0. The minimum Gasteiger partial charge on any atom is -0.134 e. The normalized spacial score (nSPS) is 12.5. The Hall–Kier alpha value is -3.31. The van der Waals surface area contributed by atoms with Crippen LogP contribution in [0.2, 0.25) is 11.1 Å². The maximum Gasteiger partial charge on any atom is 0.111 e. The highest BCUT2D eigenvalue weighted by Gasteiger charge is 2.19. The van der Waals surface area contributed by atoms with Crippen molar-refractivity contribution in [2.24, 2.45) is 23.7 Å². The van der Waals surface area contributed by atoms with Gasteiger partial charge in [0.1, 0.15) is 19.0 Å². The van der Waals surface area contributed by atoms with Crippen molar-refractivity contribution in [2.45, 2.75) is 66.5 Å². The smallest absolute Gasteiger partial charge is 0.111 e. The molecule has 0 atom stereocenters. The lowest BCUT2D eigenvalue weighted by atomic mass is 9.90. The topological polar surface area (TPSA) is 0 Å². The lowest BCUT2D eigenvalue weighted by Gasteiger charge is -2.21. The Morgan fingerprint density at radius 3 is 1.14 bits per heavy atom. The molecule has 0 radical (unpaired) electrons. The number of rotatable bonds is 6. The van der Waals surface area contributed by atoms with Crippen molar-refractivity contribution in [3.63, 3.8) is 0 Å². The van der Waals surface area contributed by atoms with Crippen LogP contribution in [-0.4, -0.2) is 19.0 Å². The summed E-state index contributed by atoms with van der Waals surface area (Å²) < 4.78 is 0. The molecule has 0 nitrogen and oxygen atoms in total. The van der Waals surface area contributed by atoms with E-state index in [4.69, 9.17) is 0 Å². The van der Waals surface area contributed by atoms with Gasteiger partial charge in [0.15, 0.2) is 0 Å². The summed E-state index contributed by atoms with van der Waals surface area (Å²) in [5, 5.41) is 10.1. The Morgan fingerprint density at radius 2 is 0.786 bits per heavy atom. The van der Waals surface area contributed by atoms with Crippen molar-refractivity contribution in [2.75, 3.05) is 0 Å². The zero-order valence-corrected chi connectivity index (χ0v) is 29.6. The van der Waals surface area contributed by atoms with Crippen LogP contribution in [-0.2, 0) is 0 Å². The predicted octanol–water partition coefficient (Wildman–Crippen LogP) is 9.46. The second kappa shape index (κ2) is 12.9. The van der Waals surface area contributed by atoms with Gasteiger partial charge in [0, 0.05) is 11.1 Å². The highest BCUT2D eigenvalue weighted by atomic mass is 28.2. The van der Waals surface area contributed by atoms with Crippen LogP contribution in [0.3, 0.4) is 0 Å². The molecule has 0 amide bonds. The molecular weight excluding hydrogens is 537 g/mol. The van der Waals surface area contributed by atoms with E-state index in [-0.39, 0.29) is 0 Å². The van der Waals surface area contributed by atoms with Gasteiger partial charge in [-0.15, -0.1) is 11.1 Å². The molecule has 5 rings (SSSR count). The monoisotopic (exact) mass is 582 g/mol. The molecule has 0 N–H and O–H groups in total. The fraction of sp³-hybridized carbons (Fsp3) is 0.350. The summed E-state index contributed by atoms with van der Waals surface area (Å²) in [5.74, 6) is 10.3. The number of hydrogen-bond acceptors (Lipinski definition) is 0. The molecule has 5 aromatic rings. The summed E-state index contributed by atoms with van der Waals surface area (Å²) in [6.07, 6.45) is 0. The largest absolute Gasteiger partial charge is 0.134 e. The summed E-state index contributed by atoms with van der Waals surface area (Å²) in [4.78, 5) is 0. The fourth-order valence-electron chi connectivity index (χ4n) is 6.88. The Balaban J connectivity index is 1.78. The Bertz CT molecular complexity index is 1720. The standard InChI is InChI=1S/C40H46Si2/c1-25(2)39(26(3)4)41-19-17-35-33-15-11-12-16-34(33)36(18-20-42-40(27(5)6)28(7)8)38-24-32-22-30-14-10-9-13-29(30)21-31(32)23-37(35)38/h9-16,21-28,39-40H,41-42H2,1-8H3. The van der Waals surface area contributed by atoms with E-state index in [1.807, 2.05) is 0 Å². The molecule has 5 aromatic carbocycles. The van der Waals surface area contributed by atoms with E-state index in [1.165, 1.54) is 54.2 Å². The first-order valence-electron chi connectivity index (χ1n) is 15.9. The van der Waals surface area contributed by atoms with Crippen molar-refractivity contribution < 1.29 is 0 Å². The van der Waals surface area contributed by atoms with E-state index in [0.717, 1.165) is 11.1 Å². The molecule has 0 aliphatic rings. The van der Waals surface area contributed by atoms with Crippen LogP contribution in [0.1, 0.15) is 66.5 Å². The SMILES string of the molecule is CC(C)C([SiH2]C#Cc1c2ccccc2c(C#C[SiH2]C(C(C)C)C(C)C)c2cc3cc4ccccc4cc3cc12)C(C)C. The maximum atomic E-state index is 3.79. The molecule has 0 aliphatic heterocycles. The van der Waals surface area contributed by atoms with E-state index in [0.29, 0.717) is 23.7 Å². The quantitative estimate of drug-likeness (QED) is 0.106. The predicted molar refractivity (Wildman–Crippen MR) is 194 cm³/mol. The van der Waals surface area contributed by atoms with Crippen LogP contribution < -0.4 is 0 Å². The average molecular weight is 583 g/mol. The third-order valence-electron chi connectivity index (χ3n) is 9.37. The lowest BCUT2D eigenvalue weighted by Crippen LogP contribution is -2.15. The van der Waals surface area contributed by atoms with Gasteiger partial charge in [0.2, 0.25) is 0 Å². The van der Waals surface area contributed by atoms with Gasteiger partial charge in [-0.2, -0.15) is 0 Å². The molecule has 0 fully saturated rings. The van der Waals surface area contributed by atoms with Gasteiger partial charge in [0.25, 0.3) is 0 Å². The molecule has 214 valence electrons. The third kappa shape index (κ3) is 6.22. The van der Waals surface area contributed by atoms with Crippen LogP contribution in [0.15, 0.2) is 72.8 Å². The zero-order valence-electron chi connectivity index (χ0n) is 26.8. The Labute approximate surface area is 258 Å². The molecule has 0 spiro atoms. The minimum absolute atomic E-state index is 0.546. The molecule has 0 aliphatic carbocycles. The van der Waals surface area contributed by atoms with Crippen LogP contribution >= 0.6 is 0 Å². The Morgan fingerprint density at radius 1 is 0.429 bits per heavy atom. The van der Waals surface area contributed by atoms with Crippen molar-refractivity contribution in [3.8, 4) is 22.9 Å². The highest BCUT2D eigenvalue weighted by Crippen LogP contribution is 2.36. The second-order valence-electron chi connectivity index (χ2n) is 13.6. The average Bonchev–Trinajstić information content (AvgIpc) is 2.95. The van der Waals surface area contributed by atoms with E-state index in [9.17, 15) is 0 Å². The molecule has 0 heterocycles. The molecular formula is C40H46Si2. The minimum atomic E-state index is -0.546. The summed E-state index contributed by atoms with van der Waals surface area (Å²) in [7, 11) is -1.09. The van der Waals surface area contributed by atoms with Crippen molar-refractivity contribution in [1.29, 1.82) is 0 Å². The number of benzene rings is 5. The molecule has 0 unspecified atom stereocenters. The van der Waals surface area contributed by atoms with Gasteiger partial charge >= 0.3 is 0 Å². The molecule has 0 bridgehead atoms. The molecule has 0 saturated heterocycles. The second-order valence-corrected chi connectivity index (χ2v) is 17.0.